The molecule has 4 nitrogen and oxygen atoms in total. The van der Waals surface area contributed by atoms with E-state index in [0.29, 0.717) is 24.5 Å². The molecule has 0 spiro atoms. The first-order valence-electron chi connectivity index (χ1n) is 8.54. The number of carbonyl (C=O) groups is 1. The highest BCUT2D eigenvalue weighted by molar-refractivity contribution is 7.12. The molecule has 0 aliphatic heterocycles. The van der Waals surface area contributed by atoms with Gasteiger partial charge >= 0.3 is 6.09 Å². The highest BCUT2D eigenvalue weighted by Gasteiger charge is 2.29. The molecule has 3 unspecified atom stereocenters. The summed E-state index contributed by atoms with van der Waals surface area (Å²) >= 11 is 1.85. The maximum atomic E-state index is 11.8. The fourth-order valence-corrected chi connectivity index (χ4v) is 4.01. The van der Waals surface area contributed by atoms with E-state index in [9.17, 15) is 4.79 Å². The molecule has 5 heteroatoms. The van der Waals surface area contributed by atoms with E-state index in [4.69, 9.17) is 4.74 Å². The summed E-state index contributed by atoms with van der Waals surface area (Å²) < 4.78 is 5.32. The van der Waals surface area contributed by atoms with Gasteiger partial charge < -0.3 is 15.4 Å². The Labute approximate surface area is 144 Å². The molecule has 23 heavy (non-hydrogen) atoms. The summed E-state index contributed by atoms with van der Waals surface area (Å²) in [6.45, 7) is 10.7. The van der Waals surface area contributed by atoms with Crippen molar-refractivity contribution in [1.29, 1.82) is 0 Å². The van der Waals surface area contributed by atoms with Gasteiger partial charge in [0, 0.05) is 28.4 Å². The van der Waals surface area contributed by atoms with Crippen LogP contribution < -0.4 is 10.6 Å². The van der Waals surface area contributed by atoms with Gasteiger partial charge in [-0.15, -0.1) is 11.3 Å². The lowest BCUT2D eigenvalue weighted by Crippen LogP contribution is -2.41. The molecule has 3 atom stereocenters. The first-order valence-corrected chi connectivity index (χ1v) is 9.35. The van der Waals surface area contributed by atoms with Crippen molar-refractivity contribution in [2.45, 2.75) is 71.6 Å². The van der Waals surface area contributed by atoms with E-state index in [1.165, 1.54) is 22.6 Å². The second kappa shape index (κ2) is 7.67. The fraction of sp³-hybridized carbons (Fsp3) is 0.722. The molecule has 1 fully saturated rings. The van der Waals surface area contributed by atoms with Crippen LogP contribution in [0.2, 0.25) is 0 Å². The number of hydrogen-bond acceptors (Lipinski definition) is 4. The third-order valence-corrected chi connectivity index (χ3v) is 5.40. The van der Waals surface area contributed by atoms with Crippen molar-refractivity contribution in [3.63, 3.8) is 0 Å². The zero-order valence-electron chi connectivity index (χ0n) is 14.9. The Morgan fingerprint density at radius 1 is 1.39 bits per heavy atom. The summed E-state index contributed by atoms with van der Waals surface area (Å²) in [6, 6.07) is 5.21. The molecule has 1 aromatic rings. The van der Waals surface area contributed by atoms with Crippen LogP contribution in [0.1, 0.15) is 62.8 Å². The molecule has 1 aliphatic rings. The van der Waals surface area contributed by atoms with Crippen molar-refractivity contribution in [3.05, 3.63) is 21.9 Å². The summed E-state index contributed by atoms with van der Waals surface area (Å²) in [5.74, 6) is 0.478. The first-order chi connectivity index (χ1) is 10.7. The number of hydrogen-bond donors (Lipinski definition) is 2. The van der Waals surface area contributed by atoms with Gasteiger partial charge in [-0.1, -0.05) is 6.42 Å². The van der Waals surface area contributed by atoms with Crippen molar-refractivity contribution in [1.82, 2.24) is 10.6 Å². The van der Waals surface area contributed by atoms with Gasteiger partial charge in [0.05, 0.1) is 0 Å². The Bertz CT molecular complexity index is 521. The second-order valence-corrected chi connectivity index (χ2v) is 8.84. The molecule has 0 bridgehead atoms. The lowest BCUT2D eigenvalue weighted by molar-refractivity contribution is 0.0517. The minimum atomic E-state index is -0.442. The Morgan fingerprint density at radius 3 is 2.74 bits per heavy atom. The summed E-state index contributed by atoms with van der Waals surface area (Å²) in [7, 11) is 0. The summed E-state index contributed by atoms with van der Waals surface area (Å²) in [5, 5.41) is 6.68. The quantitative estimate of drug-likeness (QED) is 0.836. The lowest BCUT2D eigenvalue weighted by atomic mass is 10.0. The molecule has 2 rings (SSSR count). The summed E-state index contributed by atoms with van der Waals surface area (Å²) in [6.07, 6.45) is 3.23. The minimum Gasteiger partial charge on any atom is -0.444 e. The van der Waals surface area contributed by atoms with Crippen LogP contribution >= 0.6 is 11.3 Å². The highest BCUT2D eigenvalue weighted by Crippen LogP contribution is 2.29. The van der Waals surface area contributed by atoms with Crippen LogP contribution in [0.25, 0.3) is 0 Å². The van der Waals surface area contributed by atoms with E-state index < -0.39 is 5.60 Å². The van der Waals surface area contributed by atoms with Crippen LogP contribution in [0, 0.1) is 12.8 Å². The van der Waals surface area contributed by atoms with Crippen LogP contribution in [0.4, 0.5) is 4.79 Å². The lowest BCUT2D eigenvalue weighted by Gasteiger charge is -2.26. The third-order valence-electron chi connectivity index (χ3n) is 4.22. The highest BCUT2D eigenvalue weighted by atomic mass is 32.1. The van der Waals surface area contributed by atoms with Gasteiger partial charge in [0.2, 0.25) is 0 Å². The number of amides is 1. The molecular formula is C18H30N2O2S. The summed E-state index contributed by atoms with van der Waals surface area (Å²) in [4.78, 5) is 14.5. The normalized spacial score (nSPS) is 22.8. The Hall–Kier alpha value is -1.07. The number of rotatable bonds is 5. The first kappa shape index (κ1) is 18.3. The third kappa shape index (κ3) is 5.81. The molecular weight excluding hydrogens is 308 g/mol. The number of alkyl carbamates (subject to hydrolysis) is 1. The fourth-order valence-electron chi connectivity index (χ4n) is 3.12. The summed E-state index contributed by atoms with van der Waals surface area (Å²) in [5.41, 5.74) is -0.442. The number of thiophene rings is 1. The van der Waals surface area contributed by atoms with E-state index in [-0.39, 0.29) is 6.09 Å². The van der Waals surface area contributed by atoms with Crippen molar-refractivity contribution < 1.29 is 9.53 Å². The Morgan fingerprint density at radius 2 is 2.13 bits per heavy atom. The smallest absolute Gasteiger partial charge is 0.407 e. The molecule has 2 N–H and O–H groups in total. The van der Waals surface area contributed by atoms with Crippen molar-refractivity contribution in [2.24, 2.45) is 5.92 Å². The van der Waals surface area contributed by atoms with Crippen molar-refractivity contribution in [2.75, 3.05) is 6.54 Å². The predicted molar refractivity (Wildman–Crippen MR) is 96.0 cm³/mol. The predicted octanol–water partition coefficient (Wildman–Crippen LogP) is 4.40. The van der Waals surface area contributed by atoms with Crippen LogP contribution in [0.5, 0.6) is 0 Å². The van der Waals surface area contributed by atoms with E-state index in [2.05, 4.69) is 36.6 Å². The van der Waals surface area contributed by atoms with E-state index in [1.807, 2.05) is 32.1 Å². The van der Waals surface area contributed by atoms with Gasteiger partial charge in [0.25, 0.3) is 0 Å². The molecule has 0 radical (unpaired) electrons. The zero-order valence-corrected chi connectivity index (χ0v) is 15.8. The maximum Gasteiger partial charge on any atom is 0.407 e. The Balaban J connectivity index is 1.82. The zero-order chi connectivity index (χ0) is 17.0. The van der Waals surface area contributed by atoms with Crippen molar-refractivity contribution >= 4 is 17.4 Å². The Kier molecular flexibility index (Phi) is 6.09. The maximum absolute atomic E-state index is 11.8. The van der Waals surface area contributed by atoms with Crippen LogP contribution in [0.3, 0.4) is 0 Å². The number of aryl methyl sites for hydroxylation is 1. The average molecular weight is 339 g/mol. The molecule has 1 saturated carbocycles. The van der Waals surface area contributed by atoms with Gasteiger partial charge in [-0.25, -0.2) is 4.79 Å². The molecule has 0 aromatic carbocycles. The number of ether oxygens (including phenoxy) is 1. The SMILES string of the molecule is Cc1ccc(C(C)NC2CCCC2CNC(=O)OC(C)(C)C)s1. The number of carbonyl (C=O) groups excluding carboxylic acids is 1. The standard InChI is InChI=1S/C18H30N2O2S/c1-12-9-10-16(23-12)13(2)20-15-8-6-7-14(15)11-19-17(21)22-18(3,4)5/h9-10,13-15,20H,6-8,11H2,1-5H3,(H,19,21). The van der Waals surface area contributed by atoms with E-state index >= 15 is 0 Å². The van der Waals surface area contributed by atoms with Crippen LogP contribution in [0.15, 0.2) is 12.1 Å². The molecule has 1 amide bonds. The molecule has 1 heterocycles. The van der Waals surface area contributed by atoms with Crippen molar-refractivity contribution in [3.8, 4) is 0 Å². The topological polar surface area (TPSA) is 50.4 Å². The second-order valence-electron chi connectivity index (χ2n) is 7.52. The average Bonchev–Trinajstić information content (AvgIpc) is 3.03. The van der Waals surface area contributed by atoms with Crippen LogP contribution in [-0.4, -0.2) is 24.3 Å². The minimum absolute atomic E-state index is 0.315. The van der Waals surface area contributed by atoms with Gasteiger partial charge in [0.1, 0.15) is 5.60 Å². The monoisotopic (exact) mass is 338 g/mol. The van der Waals surface area contributed by atoms with Gasteiger partial charge in [-0.05, 0) is 65.5 Å². The van der Waals surface area contributed by atoms with Gasteiger partial charge in [0.15, 0.2) is 0 Å². The molecule has 1 aromatic heterocycles. The van der Waals surface area contributed by atoms with Gasteiger partial charge in [-0.2, -0.15) is 0 Å². The molecule has 130 valence electrons. The molecule has 0 saturated heterocycles. The van der Waals surface area contributed by atoms with E-state index in [1.54, 1.807) is 0 Å². The number of nitrogens with one attached hydrogen (secondary N) is 2. The van der Waals surface area contributed by atoms with Gasteiger partial charge in [-0.3, -0.25) is 0 Å². The molecule has 1 aliphatic carbocycles. The largest absolute Gasteiger partial charge is 0.444 e. The van der Waals surface area contributed by atoms with Crippen LogP contribution in [-0.2, 0) is 4.74 Å². The van der Waals surface area contributed by atoms with E-state index in [0.717, 1.165) is 6.42 Å².